The first kappa shape index (κ1) is 15.7. The van der Waals surface area contributed by atoms with Crippen molar-refractivity contribution in [2.45, 2.75) is 38.8 Å². The summed E-state index contributed by atoms with van der Waals surface area (Å²) in [7, 11) is 0. The van der Waals surface area contributed by atoms with Crippen LogP contribution in [0.2, 0.25) is 0 Å². The van der Waals surface area contributed by atoms with E-state index < -0.39 is 35.5 Å². The monoisotopic (exact) mass is 283 g/mol. The largest absolute Gasteiger partial charge is 0.481 e. The van der Waals surface area contributed by atoms with E-state index in [0.29, 0.717) is 0 Å². The van der Waals surface area contributed by atoms with Crippen LogP contribution in [0.1, 0.15) is 27.2 Å². The lowest BCUT2D eigenvalue weighted by atomic mass is 10.1. The maximum Gasteiger partial charge on any atom is 0.326 e. The summed E-state index contributed by atoms with van der Waals surface area (Å²) in [5.74, 6) is -2.83. The molecular weight excluding hydrogens is 266 g/mol. The maximum atomic E-state index is 12.2. The number of carboxylic acids is 2. The first-order valence-electron chi connectivity index (χ1n) is 5.92. The first-order valence-corrected chi connectivity index (χ1v) is 5.92. The van der Waals surface area contributed by atoms with Gasteiger partial charge in [-0.15, -0.1) is 0 Å². The van der Waals surface area contributed by atoms with Crippen LogP contribution < -0.4 is 10.9 Å². The molecule has 0 amide bonds. The van der Waals surface area contributed by atoms with E-state index in [1.165, 1.54) is 17.0 Å². The molecule has 20 heavy (non-hydrogen) atoms. The van der Waals surface area contributed by atoms with Crippen LogP contribution in [0.25, 0.3) is 0 Å². The Kier molecular flexibility index (Phi) is 4.49. The molecule has 0 saturated carbocycles. The lowest BCUT2D eigenvalue weighted by molar-refractivity contribution is -0.144. The zero-order chi connectivity index (χ0) is 15.5. The average Bonchev–Trinajstić information content (AvgIpc) is 2.28. The number of anilines is 1. The molecule has 8 nitrogen and oxygen atoms in total. The second kappa shape index (κ2) is 5.72. The molecule has 1 atom stereocenters. The molecule has 1 unspecified atom stereocenters. The summed E-state index contributed by atoms with van der Waals surface area (Å²) in [6.07, 6.45) is 2.19. The van der Waals surface area contributed by atoms with Crippen molar-refractivity contribution in [2.75, 3.05) is 5.32 Å². The van der Waals surface area contributed by atoms with Gasteiger partial charge in [0.05, 0.1) is 6.42 Å². The fourth-order valence-corrected chi connectivity index (χ4v) is 1.58. The van der Waals surface area contributed by atoms with Gasteiger partial charge in [-0.05, 0) is 20.8 Å². The highest BCUT2D eigenvalue weighted by molar-refractivity contribution is 5.83. The van der Waals surface area contributed by atoms with Crippen molar-refractivity contribution in [1.29, 1.82) is 0 Å². The molecule has 1 aromatic heterocycles. The minimum atomic E-state index is -1.41. The quantitative estimate of drug-likeness (QED) is 0.712. The van der Waals surface area contributed by atoms with Crippen LogP contribution >= 0.6 is 0 Å². The summed E-state index contributed by atoms with van der Waals surface area (Å²) < 4.78 is 1.39. The lowest BCUT2D eigenvalue weighted by Crippen LogP contribution is -2.39. The predicted molar refractivity (Wildman–Crippen MR) is 70.8 cm³/mol. The van der Waals surface area contributed by atoms with Gasteiger partial charge in [-0.2, -0.15) is 0 Å². The second-order valence-electron chi connectivity index (χ2n) is 5.25. The van der Waals surface area contributed by atoms with Crippen molar-refractivity contribution in [3.05, 3.63) is 22.7 Å². The molecule has 3 N–H and O–H groups in total. The molecule has 1 aromatic rings. The van der Waals surface area contributed by atoms with Crippen molar-refractivity contribution in [3.63, 3.8) is 0 Å². The molecule has 0 radical (unpaired) electrons. The highest BCUT2D eigenvalue weighted by Gasteiger charge is 2.24. The number of aromatic nitrogens is 2. The summed E-state index contributed by atoms with van der Waals surface area (Å²) in [5, 5.41) is 20.0. The van der Waals surface area contributed by atoms with Crippen LogP contribution in [0.3, 0.4) is 0 Å². The fraction of sp³-hybridized carbons (Fsp3) is 0.500. The molecule has 0 aliphatic heterocycles. The minimum Gasteiger partial charge on any atom is -0.481 e. The molecule has 0 aliphatic carbocycles. The molecule has 0 fully saturated rings. The van der Waals surface area contributed by atoms with Crippen LogP contribution in [-0.4, -0.2) is 37.7 Å². The summed E-state index contributed by atoms with van der Waals surface area (Å²) in [5.41, 5.74) is -1.00. The summed E-state index contributed by atoms with van der Waals surface area (Å²) in [6, 6.07) is -1.41. The second-order valence-corrected chi connectivity index (χ2v) is 5.25. The van der Waals surface area contributed by atoms with Gasteiger partial charge in [-0.25, -0.2) is 9.78 Å². The highest BCUT2D eigenvalue weighted by Crippen LogP contribution is 2.11. The summed E-state index contributed by atoms with van der Waals surface area (Å²) in [6.45, 7) is 5.43. The number of carboxylic acid groups (broad SMARTS) is 2. The smallest absolute Gasteiger partial charge is 0.326 e. The van der Waals surface area contributed by atoms with Crippen molar-refractivity contribution >= 4 is 17.8 Å². The number of nitrogens with zero attached hydrogens (tertiary/aromatic N) is 2. The number of rotatable bonds is 5. The van der Waals surface area contributed by atoms with Gasteiger partial charge in [0, 0.05) is 17.9 Å². The fourth-order valence-electron chi connectivity index (χ4n) is 1.58. The number of hydrogen-bond donors (Lipinski definition) is 3. The molecule has 1 heterocycles. The van der Waals surface area contributed by atoms with Gasteiger partial charge in [-0.1, -0.05) is 0 Å². The van der Waals surface area contributed by atoms with Crippen LogP contribution in [0.4, 0.5) is 5.82 Å². The van der Waals surface area contributed by atoms with E-state index in [9.17, 15) is 14.4 Å². The zero-order valence-corrected chi connectivity index (χ0v) is 11.5. The van der Waals surface area contributed by atoms with Gasteiger partial charge in [-0.3, -0.25) is 9.59 Å². The van der Waals surface area contributed by atoms with E-state index in [-0.39, 0.29) is 5.82 Å². The van der Waals surface area contributed by atoms with Crippen LogP contribution in [-0.2, 0) is 15.1 Å². The Labute approximate surface area is 115 Å². The van der Waals surface area contributed by atoms with E-state index in [1.807, 2.05) is 20.8 Å². The summed E-state index contributed by atoms with van der Waals surface area (Å²) in [4.78, 5) is 37.5. The van der Waals surface area contributed by atoms with Gasteiger partial charge in [0.25, 0.3) is 5.56 Å². The van der Waals surface area contributed by atoms with Gasteiger partial charge in [0.15, 0.2) is 5.82 Å². The third-order valence-electron chi connectivity index (χ3n) is 2.55. The van der Waals surface area contributed by atoms with E-state index in [2.05, 4.69) is 10.3 Å². The average molecular weight is 283 g/mol. The van der Waals surface area contributed by atoms with Crippen molar-refractivity contribution in [3.8, 4) is 0 Å². The molecule has 0 saturated heterocycles. The van der Waals surface area contributed by atoms with Crippen molar-refractivity contribution < 1.29 is 19.8 Å². The Balaban J connectivity index is 3.12. The molecule has 0 spiro atoms. The van der Waals surface area contributed by atoms with Crippen LogP contribution in [0.5, 0.6) is 0 Å². The lowest BCUT2D eigenvalue weighted by Gasteiger charge is -2.23. The third kappa shape index (κ3) is 3.81. The Bertz CT molecular complexity index is 573. The van der Waals surface area contributed by atoms with Crippen molar-refractivity contribution in [1.82, 2.24) is 9.55 Å². The minimum absolute atomic E-state index is 0.184. The van der Waals surface area contributed by atoms with E-state index in [0.717, 1.165) is 0 Å². The Morgan fingerprint density at radius 3 is 2.45 bits per heavy atom. The molecule has 1 rings (SSSR count). The Hall–Kier alpha value is -2.38. The van der Waals surface area contributed by atoms with Gasteiger partial charge in [0.2, 0.25) is 0 Å². The predicted octanol–water partition coefficient (Wildman–Crippen LogP) is 0.338. The molecule has 0 aliphatic rings. The first-order chi connectivity index (χ1) is 9.12. The number of hydrogen-bond acceptors (Lipinski definition) is 5. The van der Waals surface area contributed by atoms with E-state index >= 15 is 0 Å². The Morgan fingerprint density at radius 2 is 2.00 bits per heavy atom. The summed E-state index contributed by atoms with van der Waals surface area (Å²) >= 11 is 0. The molecule has 0 bridgehead atoms. The molecular formula is C12H17N3O5. The van der Waals surface area contributed by atoms with E-state index in [1.54, 1.807) is 0 Å². The number of nitrogens with one attached hydrogen (secondary N) is 1. The SMILES string of the molecule is CC(C)(C)n1ccnc(NC(CC(=O)O)C(=O)O)c1=O. The number of carbonyl (C=O) groups is 2. The van der Waals surface area contributed by atoms with Gasteiger partial charge < -0.3 is 20.1 Å². The Morgan fingerprint density at radius 1 is 1.40 bits per heavy atom. The van der Waals surface area contributed by atoms with Crippen LogP contribution in [0, 0.1) is 0 Å². The van der Waals surface area contributed by atoms with Crippen LogP contribution in [0.15, 0.2) is 17.2 Å². The third-order valence-corrected chi connectivity index (χ3v) is 2.55. The topological polar surface area (TPSA) is 122 Å². The zero-order valence-electron chi connectivity index (χ0n) is 11.5. The highest BCUT2D eigenvalue weighted by atomic mass is 16.4. The van der Waals surface area contributed by atoms with Gasteiger partial charge in [0.1, 0.15) is 6.04 Å². The van der Waals surface area contributed by atoms with Crippen molar-refractivity contribution in [2.24, 2.45) is 0 Å². The van der Waals surface area contributed by atoms with E-state index in [4.69, 9.17) is 10.2 Å². The van der Waals surface area contributed by atoms with Gasteiger partial charge >= 0.3 is 11.9 Å². The maximum absolute atomic E-state index is 12.2. The normalized spacial score (nSPS) is 12.8. The molecule has 8 heteroatoms. The molecule has 0 aromatic carbocycles. The molecule has 110 valence electrons. The standard InChI is InChI=1S/C12H17N3O5/c1-12(2,3)15-5-4-13-9(10(15)18)14-7(11(19)20)6-8(16)17/h4-5,7H,6H2,1-3H3,(H,13,14)(H,16,17)(H,19,20). The number of aliphatic carboxylic acids is 2.